The molecule has 21 heavy (non-hydrogen) atoms. The van der Waals surface area contributed by atoms with Gasteiger partial charge >= 0.3 is 0 Å². The van der Waals surface area contributed by atoms with Crippen LogP contribution >= 0.6 is 34.3 Å². The van der Waals surface area contributed by atoms with Gasteiger partial charge in [-0.25, -0.2) is 4.98 Å². The summed E-state index contributed by atoms with van der Waals surface area (Å²) in [6, 6.07) is 3.92. The number of carbonyl (C=O) groups is 1. The lowest BCUT2D eigenvalue weighted by Crippen LogP contribution is -2.47. The minimum absolute atomic E-state index is 0.167. The molecular weight excluding hydrogens is 326 g/mol. The van der Waals surface area contributed by atoms with Crippen LogP contribution in [0, 0.1) is 0 Å². The van der Waals surface area contributed by atoms with Crippen LogP contribution < -0.4 is 0 Å². The van der Waals surface area contributed by atoms with Crippen LogP contribution in [-0.4, -0.2) is 46.9 Å². The maximum absolute atomic E-state index is 11.3. The smallest absolute Gasteiger partial charge is 0.219 e. The summed E-state index contributed by atoms with van der Waals surface area (Å²) in [6.07, 6.45) is 0. The first-order valence-electron chi connectivity index (χ1n) is 6.80. The number of hydrogen-bond donors (Lipinski definition) is 0. The van der Waals surface area contributed by atoms with Crippen molar-refractivity contribution in [2.75, 3.05) is 26.2 Å². The quantitative estimate of drug-likeness (QED) is 0.860. The SMILES string of the molecule is CC(=O)N1CCN(Cc2nc(-c3ccc(Cl)s3)cs2)CC1. The summed E-state index contributed by atoms with van der Waals surface area (Å²) < 4.78 is 0.792. The highest BCUT2D eigenvalue weighted by atomic mass is 35.5. The third-order valence-corrected chi connectivity index (χ3v) is 5.64. The van der Waals surface area contributed by atoms with E-state index in [0.717, 1.165) is 52.6 Å². The number of nitrogens with zero attached hydrogens (tertiary/aromatic N) is 3. The molecule has 2 aromatic rings. The van der Waals surface area contributed by atoms with Crippen LogP contribution in [0.15, 0.2) is 17.5 Å². The molecule has 1 amide bonds. The van der Waals surface area contributed by atoms with E-state index in [1.54, 1.807) is 29.6 Å². The van der Waals surface area contributed by atoms with Gasteiger partial charge in [0.2, 0.25) is 5.91 Å². The third-order valence-electron chi connectivity index (χ3n) is 3.55. The van der Waals surface area contributed by atoms with Crippen LogP contribution in [0.5, 0.6) is 0 Å². The Balaban J connectivity index is 1.59. The maximum Gasteiger partial charge on any atom is 0.219 e. The van der Waals surface area contributed by atoms with E-state index in [1.165, 1.54) is 0 Å². The summed E-state index contributed by atoms with van der Waals surface area (Å²) in [5.41, 5.74) is 1.01. The molecule has 0 aliphatic carbocycles. The second kappa shape index (κ2) is 6.44. The van der Waals surface area contributed by atoms with E-state index in [0.29, 0.717) is 0 Å². The zero-order chi connectivity index (χ0) is 14.8. The number of carbonyl (C=O) groups excluding carboxylic acids is 1. The molecule has 112 valence electrons. The molecule has 2 aromatic heterocycles. The van der Waals surface area contributed by atoms with E-state index in [9.17, 15) is 4.79 Å². The number of rotatable bonds is 3. The van der Waals surface area contributed by atoms with E-state index in [1.807, 2.05) is 17.0 Å². The summed E-state index contributed by atoms with van der Waals surface area (Å²) in [6.45, 7) is 5.95. The molecule has 1 aliphatic rings. The molecular formula is C14H16ClN3OS2. The predicted octanol–water partition coefficient (Wildman–Crippen LogP) is 3.19. The second-order valence-electron chi connectivity index (χ2n) is 5.01. The molecule has 1 fully saturated rings. The molecule has 3 rings (SSSR count). The average Bonchev–Trinajstić information content (AvgIpc) is 3.08. The first kappa shape index (κ1) is 15.0. The lowest BCUT2D eigenvalue weighted by atomic mass is 10.3. The standard InChI is InChI=1S/C14H16ClN3OS2/c1-10(19)18-6-4-17(5-7-18)8-14-16-11(9-20-14)12-2-3-13(15)21-12/h2-3,9H,4-8H2,1H3. The molecule has 7 heteroatoms. The van der Waals surface area contributed by atoms with Crippen molar-refractivity contribution in [3.05, 3.63) is 26.9 Å². The Kier molecular flexibility index (Phi) is 4.59. The Morgan fingerprint density at radius 2 is 2.10 bits per heavy atom. The fourth-order valence-electron chi connectivity index (χ4n) is 2.36. The van der Waals surface area contributed by atoms with Crippen LogP contribution in [0.3, 0.4) is 0 Å². The molecule has 0 atom stereocenters. The Bertz CT molecular complexity index is 632. The van der Waals surface area contributed by atoms with E-state index >= 15 is 0 Å². The van der Waals surface area contributed by atoms with Crippen LogP contribution in [0.1, 0.15) is 11.9 Å². The van der Waals surface area contributed by atoms with Gasteiger partial charge in [-0.05, 0) is 12.1 Å². The molecule has 0 radical (unpaired) electrons. The lowest BCUT2D eigenvalue weighted by molar-refractivity contribution is -0.130. The van der Waals surface area contributed by atoms with Gasteiger partial charge in [-0.15, -0.1) is 22.7 Å². The van der Waals surface area contributed by atoms with Crippen LogP contribution in [-0.2, 0) is 11.3 Å². The molecule has 0 unspecified atom stereocenters. The molecule has 0 bridgehead atoms. The van der Waals surface area contributed by atoms with Crippen molar-refractivity contribution >= 4 is 40.2 Å². The van der Waals surface area contributed by atoms with Crippen molar-refractivity contribution in [2.24, 2.45) is 0 Å². The maximum atomic E-state index is 11.3. The molecule has 4 nitrogen and oxygen atoms in total. The summed E-state index contributed by atoms with van der Waals surface area (Å²) in [7, 11) is 0. The minimum atomic E-state index is 0.167. The van der Waals surface area contributed by atoms with Gasteiger partial charge < -0.3 is 4.90 Å². The van der Waals surface area contributed by atoms with Gasteiger partial charge in [0, 0.05) is 38.5 Å². The van der Waals surface area contributed by atoms with Crippen molar-refractivity contribution in [2.45, 2.75) is 13.5 Å². The van der Waals surface area contributed by atoms with E-state index < -0.39 is 0 Å². The largest absolute Gasteiger partial charge is 0.340 e. The van der Waals surface area contributed by atoms with E-state index in [-0.39, 0.29) is 5.91 Å². The van der Waals surface area contributed by atoms with Crippen molar-refractivity contribution in [3.63, 3.8) is 0 Å². The number of halogens is 1. The first-order chi connectivity index (χ1) is 10.1. The highest BCUT2D eigenvalue weighted by molar-refractivity contribution is 7.19. The number of thiophene rings is 1. The normalized spacial score (nSPS) is 16.4. The number of hydrogen-bond acceptors (Lipinski definition) is 5. The lowest BCUT2D eigenvalue weighted by Gasteiger charge is -2.33. The zero-order valence-corrected chi connectivity index (χ0v) is 14.1. The summed E-state index contributed by atoms with van der Waals surface area (Å²) in [5, 5.41) is 3.20. The Morgan fingerprint density at radius 1 is 1.33 bits per heavy atom. The third kappa shape index (κ3) is 3.63. The van der Waals surface area contributed by atoms with Gasteiger partial charge in [0.25, 0.3) is 0 Å². The first-order valence-corrected chi connectivity index (χ1v) is 8.87. The second-order valence-corrected chi connectivity index (χ2v) is 7.67. The minimum Gasteiger partial charge on any atom is -0.340 e. The van der Waals surface area contributed by atoms with Gasteiger partial charge in [-0.2, -0.15) is 0 Å². The van der Waals surface area contributed by atoms with Crippen molar-refractivity contribution in [1.82, 2.24) is 14.8 Å². The summed E-state index contributed by atoms with van der Waals surface area (Å²) >= 11 is 9.21. The number of amides is 1. The molecule has 1 aliphatic heterocycles. The summed E-state index contributed by atoms with van der Waals surface area (Å²) in [4.78, 5) is 21.4. The fourth-order valence-corrected chi connectivity index (χ4v) is 4.27. The molecule has 0 N–H and O–H groups in total. The molecule has 3 heterocycles. The van der Waals surface area contributed by atoms with Crippen molar-refractivity contribution in [1.29, 1.82) is 0 Å². The molecule has 0 aromatic carbocycles. The van der Waals surface area contributed by atoms with Gasteiger partial charge in [-0.3, -0.25) is 9.69 Å². The topological polar surface area (TPSA) is 36.4 Å². The summed E-state index contributed by atoms with van der Waals surface area (Å²) in [5.74, 6) is 0.167. The predicted molar refractivity (Wildman–Crippen MR) is 88.0 cm³/mol. The highest BCUT2D eigenvalue weighted by Gasteiger charge is 2.19. The zero-order valence-electron chi connectivity index (χ0n) is 11.7. The van der Waals surface area contributed by atoms with Gasteiger partial charge in [-0.1, -0.05) is 11.6 Å². The molecule has 0 spiro atoms. The van der Waals surface area contributed by atoms with Crippen LogP contribution in [0.4, 0.5) is 0 Å². The Morgan fingerprint density at radius 3 is 2.71 bits per heavy atom. The van der Waals surface area contributed by atoms with Crippen LogP contribution in [0.25, 0.3) is 10.6 Å². The van der Waals surface area contributed by atoms with E-state index in [4.69, 9.17) is 16.6 Å². The van der Waals surface area contributed by atoms with Crippen molar-refractivity contribution in [3.8, 4) is 10.6 Å². The van der Waals surface area contributed by atoms with E-state index in [2.05, 4.69) is 10.3 Å². The number of piperazine rings is 1. The molecule has 0 saturated carbocycles. The monoisotopic (exact) mass is 341 g/mol. The number of thiazole rings is 1. The number of aromatic nitrogens is 1. The molecule has 1 saturated heterocycles. The van der Waals surface area contributed by atoms with Crippen molar-refractivity contribution < 1.29 is 4.79 Å². The van der Waals surface area contributed by atoms with Gasteiger partial charge in [0.1, 0.15) is 5.01 Å². The van der Waals surface area contributed by atoms with Gasteiger partial charge in [0.05, 0.1) is 21.5 Å². The average molecular weight is 342 g/mol. The Labute approximate surface area is 137 Å². The fraction of sp³-hybridized carbons (Fsp3) is 0.429. The highest BCUT2D eigenvalue weighted by Crippen LogP contribution is 2.31. The van der Waals surface area contributed by atoms with Gasteiger partial charge in [0.15, 0.2) is 0 Å². The van der Waals surface area contributed by atoms with Crippen LogP contribution in [0.2, 0.25) is 4.34 Å². The Hall–Kier alpha value is -0.950.